The quantitative estimate of drug-likeness (QED) is 0.922. The van der Waals surface area contributed by atoms with Crippen molar-refractivity contribution in [3.63, 3.8) is 0 Å². The smallest absolute Gasteiger partial charge is 0.270 e. The zero-order valence-corrected chi connectivity index (χ0v) is 11.5. The van der Waals surface area contributed by atoms with Crippen LogP contribution in [0.25, 0.3) is 0 Å². The summed E-state index contributed by atoms with van der Waals surface area (Å²) in [7, 11) is 0. The van der Waals surface area contributed by atoms with Crippen molar-refractivity contribution in [3.8, 4) is 0 Å². The topological polar surface area (TPSA) is 80.9 Å². The Morgan fingerprint density at radius 2 is 2.20 bits per heavy atom. The van der Waals surface area contributed by atoms with E-state index in [-0.39, 0.29) is 11.9 Å². The molecule has 1 aliphatic rings. The fraction of sp³-hybridized carbons (Fsp3) is 0.429. The lowest BCUT2D eigenvalue weighted by atomic mass is 10.2. The van der Waals surface area contributed by atoms with E-state index in [0.717, 1.165) is 24.4 Å². The van der Waals surface area contributed by atoms with E-state index in [1.54, 1.807) is 12.1 Å². The van der Waals surface area contributed by atoms with E-state index in [0.29, 0.717) is 17.5 Å². The Morgan fingerprint density at radius 1 is 1.40 bits per heavy atom. The summed E-state index contributed by atoms with van der Waals surface area (Å²) < 4.78 is 5.19. The van der Waals surface area contributed by atoms with Crippen LogP contribution >= 0.6 is 0 Å². The molecule has 1 N–H and O–H groups in total. The summed E-state index contributed by atoms with van der Waals surface area (Å²) in [5.74, 6) is 1.38. The molecule has 2 aromatic heterocycles. The number of nitrogens with one attached hydrogen (secondary N) is 1. The number of carbonyl (C=O) groups excluding carboxylic acids is 1. The number of aromatic nitrogens is 3. The second-order valence-corrected chi connectivity index (χ2v) is 5.12. The number of nitrogens with zero attached hydrogens (tertiary/aromatic N) is 3. The predicted molar refractivity (Wildman–Crippen MR) is 71.1 cm³/mol. The second kappa shape index (κ2) is 5.03. The lowest BCUT2D eigenvalue weighted by Gasteiger charge is -2.09. The zero-order valence-electron chi connectivity index (χ0n) is 11.5. The minimum atomic E-state index is -0.329. The van der Waals surface area contributed by atoms with Gasteiger partial charge in [-0.3, -0.25) is 4.79 Å². The number of hydrogen-bond donors (Lipinski definition) is 1. The third kappa shape index (κ3) is 2.68. The maximum Gasteiger partial charge on any atom is 0.270 e. The molecule has 2 heterocycles. The third-order valence-corrected chi connectivity index (χ3v) is 3.24. The number of rotatable bonds is 4. The van der Waals surface area contributed by atoms with Crippen molar-refractivity contribution >= 4 is 5.91 Å². The SMILES string of the molecule is Cc1cccc(C(=O)NC(C)c2nc(C3CC3)no2)n1. The maximum absolute atomic E-state index is 12.1. The highest BCUT2D eigenvalue weighted by molar-refractivity contribution is 5.92. The molecule has 20 heavy (non-hydrogen) atoms. The standard InChI is InChI=1S/C14H16N4O2/c1-8-4-3-5-11(15-8)13(19)16-9(2)14-17-12(18-20-14)10-6-7-10/h3-5,9-10H,6-7H2,1-2H3,(H,16,19). The number of aryl methyl sites for hydroxylation is 1. The van der Waals surface area contributed by atoms with Gasteiger partial charge in [0.2, 0.25) is 5.89 Å². The lowest BCUT2D eigenvalue weighted by molar-refractivity contribution is 0.0927. The summed E-state index contributed by atoms with van der Waals surface area (Å²) in [6, 6.07) is 5.00. The average Bonchev–Trinajstić information content (AvgIpc) is 3.16. The fourth-order valence-electron chi connectivity index (χ4n) is 1.93. The van der Waals surface area contributed by atoms with E-state index in [4.69, 9.17) is 4.52 Å². The molecule has 2 aromatic rings. The van der Waals surface area contributed by atoms with Crippen LogP contribution in [-0.4, -0.2) is 21.0 Å². The summed E-state index contributed by atoms with van der Waals surface area (Å²) in [5.41, 5.74) is 1.19. The van der Waals surface area contributed by atoms with Crippen molar-refractivity contribution < 1.29 is 9.32 Å². The Kier molecular flexibility index (Phi) is 3.22. The molecule has 104 valence electrons. The van der Waals surface area contributed by atoms with Gasteiger partial charge in [0.25, 0.3) is 5.91 Å². The van der Waals surface area contributed by atoms with Crippen LogP contribution in [0.5, 0.6) is 0 Å². The molecule has 0 saturated heterocycles. The number of carbonyl (C=O) groups is 1. The first-order chi connectivity index (χ1) is 9.63. The number of pyridine rings is 1. The van der Waals surface area contributed by atoms with Gasteiger partial charge < -0.3 is 9.84 Å². The molecule has 0 aromatic carbocycles. The molecule has 0 aliphatic heterocycles. The molecule has 6 heteroatoms. The van der Waals surface area contributed by atoms with Crippen molar-refractivity contribution in [3.05, 3.63) is 41.3 Å². The van der Waals surface area contributed by atoms with Crippen molar-refractivity contribution in [2.45, 2.75) is 38.6 Å². The van der Waals surface area contributed by atoms with Crippen LogP contribution in [0.4, 0.5) is 0 Å². The molecule has 3 rings (SSSR count). The Labute approximate surface area is 116 Å². The van der Waals surface area contributed by atoms with Crippen LogP contribution in [0.1, 0.15) is 59.6 Å². The minimum Gasteiger partial charge on any atom is -0.339 e. The van der Waals surface area contributed by atoms with Gasteiger partial charge in [0.15, 0.2) is 5.82 Å². The van der Waals surface area contributed by atoms with Crippen molar-refractivity contribution in [2.75, 3.05) is 0 Å². The van der Waals surface area contributed by atoms with E-state index in [1.807, 2.05) is 19.9 Å². The lowest BCUT2D eigenvalue weighted by Crippen LogP contribution is -2.27. The van der Waals surface area contributed by atoms with Gasteiger partial charge in [-0.15, -0.1) is 0 Å². The number of amides is 1. The third-order valence-electron chi connectivity index (χ3n) is 3.24. The van der Waals surface area contributed by atoms with Gasteiger partial charge in [-0.1, -0.05) is 11.2 Å². The molecule has 1 saturated carbocycles. The molecule has 1 amide bonds. The van der Waals surface area contributed by atoms with E-state index in [1.165, 1.54) is 0 Å². The van der Waals surface area contributed by atoms with E-state index in [2.05, 4.69) is 20.4 Å². The summed E-state index contributed by atoms with van der Waals surface area (Å²) in [6.07, 6.45) is 2.24. The van der Waals surface area contributed by atoms with Crippen LogP contribution in [-0.2, 0) is 0 Å². The van der Waals surface area contributed by atoms with Crippen molar-refractivity contribution in [2.24, 2.45) is 0 Å². The molecular weight excluding hydrogens is 256 g/mol. The molecule has 1 unspecified atom stereocenters. The van der Waals surface area contributed by atoms with Crippen LogP contribution in [0.15, 0.2) is 22.7 Å². The Hall–Kier alpha value is -2.24. The molecule has 0 radical (unpaired) electrons. The van der Waals surface area contributed by atoms with Crippen LogP contribution in [0.3, 0.4) is 0 Å². The summed E-state index contributed by atoms with van der Waals surface area (Å²) in [6.45, 7) is 3.66. The summed E-state index contributed by atoms with van der Waals surface area (Å²) >= 11 is 0. The molecule has 0 spiro atoms. The summed E-state index contributed by atoms with van der Waals surface area (Å²) in [5, 5.41) is 6.76. The van der Waals surface area contributed by atoms with Crippen LogP contribution in [0.2, 0.25) is 0 Å². The Balaban J connectivity index is 1.68. The molecule has 1 fully saturated rings. The fourth-order valence-corrected chi connectivity index (χ4v) is 1.93. The summed E-state index contributed by atoms with van der Waals surface area (Å²) in [4.78, 5) is 20.6. The highest BCUT2D eigenvalue weighted by Gasteiger charge is 2.29. The van der Waals surface area contributed by atoms with Gasteiger partial charge in [0, 0.05) is 11.6 Å². The largest absolute Gasteiger partial charge is 0.339 e. The van der Waals surface area contributed by atoms with Crippen molar-refractivity contribution in [1.82, 2.24) is 20.4 Å². The molecule has 1 atom stereocenters. The van der Waals surface area contributed by atoms with Gasteiger partial charge in [-0.25, -0.2) is 4.98 Å². The van der Waals surface area contributed by atoms with E-state index < -0.39 is 0 Å². The van der Waals surface area contributed by atoms with Crippen LogP contribution < -0.4 is 5.32 Å². The monoisotopic (exact) mass is 272 g/mol. The highest BCUT2D eigenvalue weighted by atomic mass is 16.5. The minimum absolute atomic E-state index is 0.243. The second-order valence-electron chi connectivity index (χ2n) is 5.12. The average molecular weight is 272 g/mol. The molecule has 1 aliphatic carbocycles. The highest BCUT2D eigenvalue weighted by Crippen LogP contribution is 2.38. The van der Waals surface area contributed by atoms with E-state index >= 15 is 0 Å². The van der Waals surface area contributed by atoms with Gasteiger partial charge in [0.05, 0.1) is 0 Å². The Morgan fingerprint density at radius 3 is 2.90 bits per heavy atom. The molecule has 6 nitrogen and oxygen atoms in total. The van der Waals surface area contributed by atoms with E-state index in [9.17, 15) is 4.79 Å². The zero-order chi connectivity index (χ0) is 14.1. The first kappa shape index (κ1) is 12.8. The maximum atomic E-state index is 12.1. The van der Waals surface area contributed by atoms with Gasteiger partial charge in [-0.2, -0.15) is 4.98 Å². The Bertz CT molecular complexity index is 634. The van der Waals surface area contributed by atoms with Gasteiger partial charge >= 0.3 is 0 Å². The molecular formula is C14H16N4O2. The van der Waals surface area contributed by atoms with Crippen molar-refractivity contribution in [1.29, 1.82) is 0 Å². The first-order valence-corrected chi connectivity index (χ1v) is 6.71. The van der Waals surface area contributed by atoms with Gasteiger partial charge in [-0.05, 0) is 38.8 Å². The number of hydrogen-bond acceptors (Lipinski definition) is 5. The molecule has 0 bridgehead atoms. The van der Waals surface area contributed by atoms with Crippen LogP contribution in [0, 0.1) is 6.92 Å². The predicted octanol–water partition coefficient (Wildman–Crippen LogP) is 2.14. The normalized spacial score (nSPS) is 15.9. The first-order valence-electron chi connectivity index (χ1n) is 6.71. The van der Waals surface area contributed by atoms with Gasteiger partial charge in [0.1, 0.15) is 11.7 Å².